The molecule has 2 aliphatic rings. The van der Waals surface area contributed by atoms with Gasteiger partial charge >= 0.3 is 0 Å². The van der Waals surface area contributed by atoms with E-state index < -0.39 is 0 Å². The van der Waals surface area contributed by atoms with Crippen molar-refractivity contribution in [3.8, 4) is 5.75 Å². The van der Waals surface area contributed by atoms with Crippen molar-refractivity contribution in [1.29, 1.82) is 0 Å². The van der Waals surface area contributed by atoms with Crippen LogP contribution in [0.5, 0.6) is 5.75 Å². The van der Waals surface area contributed by atoms with E-state index in [9.17, 15) is 9.59 Å². The van der Waals surface area contributed by atoms with Crippen LogP contribution in [-0.2, 0) is 9.59 Å². The summed E-state index contributed by atoms with van der Waals surface area (Å²) in [7, 11) is 1.66. The van der Waals surface area contributed by atoms with E-state index in [1.807, 2.05) is 17.0 Å². The third-order valence-electron chi connectivity index (χ3n) is 4.78. The first-order valence-electron chi connectivity index (χ1n) is 8.62. The number of hydrogen-bond donors (Lipinski definition) is 0. The van der Waals surface area contributed by atoms with Crippen molar-refractivity contribution in [2.24, 2.45) is 0 Å². The monoisotopic (exact) mass is 331 g/mol. The van der Waals surface area contributed by atoms with E-state index in [-0.39, 0.29) is 18.4 Å². The molecule has 2 aliphatic heterocycles. The number of carbonyl (C=O) groups excluding carboxylic acids is 2. The van der Waals surface area contributed by atoms with Gasteiger partial charge in [-0.3, -0.25) is 9.59 Å². The quantitative estimate of drug-likeness (QED) is 0.836. The third kappa shape index (κ3) is 3.80. The van der Waals surface area contributed by atoms with Gasteiger partial charge in [0.05, 0.1) is 13.7 Å². The molecule has 0 atom stereocenters. The van der Waals surface area contributed by atoms with Crippen LogP contribution in [0.15, 0.2) is 24.3 Å². The molecule has 130 valence electrons. The Labute approximate surface area is 143 Å². The number of rotatable bonds is 4. The molecule has 6 heteroatoms. The van der Waals surface area contributed by atoms with Gasteiger partial charge in [-0.2, -0.15) is 0 Å². The van der Waals surface area contributed by atoms with Gasteiger partial charge in [0, 0.05) is 44.8 Å². The first-order chi connectivity index (χ1) is 11.7. The van der Waals surface area contributed by atoms with Gasteiger partial charge in [0.2, 0.25) is 11.8 Å². The molecule has 0 N–H and O–H groups in total. The molecule has 0 radical (unpaired) electrons. The van der Waals surface area contributed by atoms with E-state index in [2.05, 4.69) is 17.0 Å². The van der Waals surface area contributed by atoms with Crippen molar-refractivity contribution < 1.29 is 14.3 Å². The SMILES string of the molecule is COc1ccc(N2CCCN(C(=O)CN3CCCC3=O)CC2)cc1. The maximum Gasteiger partial charge on any atom is 0.242 e. The summed E-state index contributed by atoms with van der Waals surface area (Å²) in [5, 5.41) is 0. The Morgan fingerprint density at radius 2 is 1.83 bits per heavy atom. The molecule has 0 bridgehead atoms. The van der Waals surface area contributed by atoms with Crippen LogP contribution in [-0.4, -0.2) is 68.0 Å². The molecule has 0 aliphatic carbocycles. The van der Waals surface area contributed by atoms with Gasteiger partial charge in [0.1, 0.15) is 5.75 Å². The standard InChI is InChI=1S/C18H25N3O3/c1-24-16-7-5-15(6-8-16)19-10-3-11-20(13-12-19)18(23)14-21-9-2-4-17(21)22/h5-8H,2-4,9-14H2,1H3. The lowest BCUT2D eigenvalue weighted by Gasteiger charge is -2.25. The van der Waals surface area contributed by atoms with E-state index in [0.717, 1.165) is 50.5 Å². The lowest BCUT2D eigenvalue weighted by atomic mass is 10.2. The van der Waals surface area contributed by atoms with Crippen LogP contribution in [0.4, 0.5) is 5.69 Å². The summed E-state index contributed by atoms with van der Waals surface area (Å²) in [5.74, 6) is 1.03. The largest absolute Gasteiger partial charge is 0.497 e. The summed E-state index contributed by atoms with van der Waals surface area (Å²) in [4.78, 5) is 30.0. The van der Waals surface area contributed by atoms with Crippen LogP contribution >= 0.6 is 0 Å². The number of ether oxygens (including phenoxy) is 1. The highest BCUT2D eigenvalue weighted by atomic mass is 16.5. The molecular formula is C18H25N3O3. The minimum Gasteiger partial charge on any atom is -0.497 e. The highest BCUT2D eigenvalue weighted by Gasteiger charge is 2.26. The maximum absolute atomic E-state index is 12.5. The van der Waals surface area contributed by atoms with Gasteiger partial charge in [-0.1, -0.05) is 0 Å². The average Bonchev–Trinajstić information content (AvgIpc) is 2.87. The van der Waals surface area contributed by atoms with Crippen molar-refractivity contribution in [3.63, 3.8) is 0 Å². The lowest BCUT2D eigenvalue weighted by Crippen LogP contribution is -2.42. The zero-order valence-electron chi connectivity index (χ0n) is 14.2. The fraction of sp³-hybridized carbons (Fsp3) is 0.556. The molecule has 6 nitrogen and oxygen atoms in total. The van der Waals surface area contributed by atoms with E-state index in [0.29, 0.717) is 13.0 Å². The summed E-state index contributed by atoms with van der Waals surface area (Å²) < 4.78 is 5.20. The van der Waals surface area contributed by atoms with Gasteiger partial charge < -0.3 is 19.4 Å². The molecule has 1 aromatic carbocycles. The fourth-order valence-electron chi connectivity index (χ4n) is 3.35. The topological polar surface area (TPSA) is 53.1 Å². The van der Waals surface area contributed by atoms with Crippen LogP contribution in [0.1, 0.15) is 19.3 Å². The zero-order valence-corrected chi connectivity index (χ0v) is 14.2. The molecule has 0 aromatic heterocycles. The molecule has 2 fully saturated rings. The number of nitrogens with zero attached hydrogens (tertiary/aromatic N) is 3. The van der Waals surface area contributed by atoms with Gasteiger partial charge in [0.25, 0.3) is 0 Å². The number of anilines is 1. The first kappa shape index (κ1) is 16.6. The van der Waals surface area contributed by atoms with Crippen molar-refractivity contribution in [2.75, 3.05) is 51.3 Å². The summed E-state index contributed by atoms with van der Waals surface area (Å²) in [6.45, 7) is 4.16. The van der Waals surface area contributed by atoms with Crippen molar-refractivity contribution >= 4 is 17.5 Å². The van der Waals surface area contributed by atoms with Gasteiger partial charge in [-0.15, -0.1) is 0 Å². The highest BCUT2D eigenvalue weighted by molar-refractivity contribution is 5.86. The fourth-order valence-corrected chi connectivity index (χ4v) is 3.35. The second-order valence-corrected chi connectivity index (χ2v) is 6.34. The molecule has 0 unspecified atom stereocenters. The molecule has 2 heterocycles. The van der Waals surface area contributed by atoms with Crippen LogP contribution in [0.25, 0.3) is 0 Å². The third-order valence-corrected chi connectivity index (χ3v) is 4.78. The molecule has 3 rings (SSSR count). The van der Waals surface area contributed by atoms with Gasteiger partial charge in [-0.25, -0.2) is 0 Å². The Hall–Kier alpha value is -2.24. The van der Waals surface area contributed by atoms with Crippen LogP contribution in [0.3, 0.4) is 0 Å². The van der Waals surface area contributed by atoms with E-state index in [1.54, 1.807) is 12.0 Å². The molecule has 0 saturated carbocycles. The van der Waals surface area contributed by atoms with Gasteiger partial charge in [0.15, 0.2) is 0 Å². The van der Waals surface area contributed by atoms with Crippen molar-refractivity contribution in [2.45, 2.75) is 19.3 Å². The summed E-state index contributed by atoms with van der Waals surface area (Å²) >= 11 is 0. The first-order valence-corrected chi connectivity index (χ1v) is 8.62. The summed E-state index contributed by atoms with van der Waals surface area (Å²) in [5.41, 5.74) is 1.15. The predicted octanol–water partition coefficient (Wildman–Crippen LogP) is 1.36. The Balaban J connectivity index is 1.55. The second kappa shape index (κ2) is 7.55. The number of amides is 2. The number of likely N-dealkylation sites (tertiary alicyclic amines) is 1. The normalized spacial score (nSPS) is 18.7. The molecule has 1 aromatic rings. The van der Waals surface area contributed by atoms with E-state index >= 15 is 0 Å². The van der Waals surface area contributed by atoms with Crippen LogP contribution in [0, 0.1) is 0 Å². The summed E-state index contributed by atoms with van der Waals surface area (Å²) in [6, 6.07) is 8.03. The van der Waals surface area contributed by atoms with Crippen molar-refractivity contribution in [1.82, 2.24) is 9.80 Å². The minimum absolute atomic E-state index is 0.0711. The molecule has 24 heavy (non-hydrogen) atoms. The molecule has 2 amide bonds. The number of carbonyl (C=O) groups is 2. The highest BCUT2D eigenvalue weighted by Crippen LogP contribution is 2.20. The number of benzene rings is 1. The minimum atomic E-state index is 0.0711. The predicted molar refractivity (Wildman–Crippen MR) is 92.2 cm³/mol. The zero-order chi connectivity index (χ0) is 16.9. The maximum atomic E-state index is 12.5. The Bertz CT molecular complexity index is 588. The lowest BCUT2D eigenvalue weighted by molar-refractivity contribution is -0.138. The smallest absolute Gasteiger partial charge is 0.242 e. The number of hydrogen-bond acceptors (Lipinski definition) is 4. The Morgan fingerprint density at radius 3 is 2.50 bits per heavy atom. The van der Waals surface area contributed by atoms with Crippen LogP contribution in [0.2, 0.25) is 0 Å². The average molecular weight is 331 g/mol. The second-order valence-electron chi connectivity index (χ2n) is 6.34. The van der Waals surface area contributed by atoms with Crippen LogP contribution < -0.4 is 9.64 Å². The molecule has 2 saturated heterocycles. The molecule has 0 spiro atoms. The Morgan fingerprint density at radius 1 is 1.04 bits per heavy atom. The Kier molecular flexibility index (Phi) is 5.23. The van der Waals surface area contributed by atoms with Gasteiger partial charge in [-0.05, 0) is 37.1 Å². The van der Waals surface area contributed by atoms with E-state index in [4.69, 9.17) is 4.74 Å². The van der Waals surface area contributed by atoms with Crippen molar-refractivity contribution in [3.05, 3.63) is 24.3 Å². The van der Waals surface area contributed by atoms with E-state index in [1.165, 1.54) is 0 Å². The molecular weight excluding hydrogens is 306 g/mol. The summed E-state index contributed by atoms with van der Waals surface area (Å²) in [6.07, 6.45) is 2.39. The number of methoxy groups -OCH3 is 1.